The van der Waals surface area contributed by atoms with Gasteiger partial charge in [-0.15, -0.1) is 11.6 Å². The molecule has 1 aromatic carbocycles. The number of halogens is 1. The first kappa shape index (κ1) is 11.2. The molecule has 0 N–H and O–H groups in total. The Kier molecular flexibility index (Phi) is 3.30. The molecule has 1 heterocycles. The fraction of sp³-hybridized carbons (Fsp3) is 0.308. The molecule has 2 aromatic rings. The zero-order valence-electron chi connectivity index (χ0n) is 9.57. The molecule has 84 valence electrons. The smallest absolute Gasteiger partial charge is 0.0648 e. The van der Waals surface area contributed by atoms with Crippen molar-refractivity contribution in [3.8, 4) is 5.69 Å². The Morgan fingerprint density at radius 3 is 2.44 bits per heavy atom. The summed E-state index contributed by atoms with van der Waals surface area (Å²) in [4.78, 5) is 0. The summed E-state index contributed by atoms with van der Waals surface area (Å²) in [6.07, 6.45) is 2.89. The fourth-order valence-electron chi connectivity index (χ4n) is 1.71. The number of aryl methyl sites for hydroxylation is 1. The highest BCUT2D eigenvalue weighted by atomic mass is 35.5. The zero-order chi connectivity index (χ0) is 11.5. The van der Waals surface area contributed by atoms with E-state index >= 15 is 0 Å². The van der Waals surface area contributed by atoms with E-state index in [1.807, 2.05) is 17.8 Å². The van der Waals surface area contributed by atoms with E-state index in [-0.39, 0.29) is 0 Å². The molecule has 1 aromatic heterocycles. The largest absolute Gasteiger partial charge is 0.238 e. The van der Waals surface area contributed by atoms with Crippen LogP contribution in [0.2, 0.25) is 0 Å². The second-order valence-corrected chi connectivity index (χ2v) is 4.09. The Labute approximate surface area is 101 Å². The molecule has 0 unspecified atom stereocenters. The number of nitrogens with zero attached hydrogens (tertiary/aromatic N) is 2. The second kappa shape index (κ2) is 4.71. The lowest BCUT2D eigenvalue weighted by molar-refractivity contribution is 0.844. The van der Waals surface area contributed by atoms with Crippen molar-refractivity contribution in [3.63, 3.8) is 0 Å². The van der Waals surface area contributed by atoms with Gasteiger partial charge in [-0.1, -0.05) is 19.1 Å². The van der Waals surface area contributed by atoms with Gasteiger partial charge in [0.15, 0.2) is 0 Å². The summed E-state index contributed by atoms with van der Waals surface area (Å²) in [5.74, 6) is 0.513. The average molecular weight is 235 g/mol. The molecular weight excluding hydrogens is 220 g/mol. The molecule has 0 spiro atoms. The van der Waals surface area contributed by atoms with Crippen LogP contribution < -0.4 is 0 Å². The van der Waals surface area contributed by atoms with Gasteiger partial charge in [0.1, 0.15) is 0 Å². The third-order valence-corrected chi connectivity index (χ3v) is 3.13. The number of hydrogen-bond acceptors (Lipinski definition) is 1. The van der Waals surface area contributed by atoms with Gasteiger partial charge in [-0.2, -0.15) is 5.10 Å². The van der Waals surface area contributed by atoms with Crippen molar-refractivity contribution in [2.24, 2.45) is 0 Å². The summed E-state index contributed by atoms with van der Waals surface area (Å²) in [6, 6.07) is 8.46. The predicted octanol–water partition coefficient (Wildman–Crippen LogP) is 3.48. The van der Waals surface area contributed by atoms with Gasteiger partial charge in [-0.05, 0) is 31.0 Å². The van der Waals surface area contributed by atoms with Gasteiger partial charge in [0.2, 0.25) is 0 Å². The monoisotopic (exact) mass is 234 g/mol. The van der Waals surface area contributed by atoms with Crippen molar-refractivity contribution >= 4 is 11.6 Å². The first-order valence-corrected chi connectivity index (χ1v) is 5.98. The maximum absolute atomic E-state index is 5.83. The predicted molar refractivity (Wildman–Crippen MR) is 67.2 cm³/mol. The average Bonchev–Trinajstić information content (AvgIpc) is 2.70. The molecule has 0 saturated heterocycles. The zero-order valence-corrected chi connectivity index (χ0v) is 10.3. The van der Waals surface area contributed by atoms with E-state index in [1.165, 1.54) is 5.56 Å². The maximum Gasteiger partial charge on any atom is 0.0648 e. The fourth-order valence-corrected chi connectivity index (χ4v) is 1.97. The molecule has 0 saturated carbocycles. The van der Waals surface area contributed by atoms with E-state index < -0.39 is 0 Å². The van der Waals surface area contributed by atoms with Gasteiger partial charge in [0.25, 0.3) is 0 Å². The second-order valence-electron chi connectivity index (χ2n) is 3.82. The molecule has 16 heavy (non-hydrogen) atoms. The SMILES string of the molecule is CCc1ccc(-n2ncc(CCl)c2C)cc1. The summed E-state index contributed by atoms with van der Waals surface area (Å²) in [5, 5.41) is 4.34. The van der Waals surface area contributed by atoms with E-state index in [0.29, 0.717) is 5.88 Å². The van der Waals surface area contributed by atoms with E-state index in [0.717, 1.165) is 23.4 Å². The van der Waals surface area contributed by atoms with Crippen LogP contribution in [0.3, 0.4) is 0 Å². The first-order chi connectivity index (χ1) is 7.76. The van der Waals surface area contributed by atoms with E-state index in [4.69, 9.17) is 11.6 Å². The van der Waals surface area contributed by atoms with Crippen LogP contribution in [0.25, 0.3) is 5.69 Å². The van der Waals surface area contributed by atoms with Gasteiger partial charge in [0.05, 0.1) is 17.8 Å². The molecule has 0 aliphatic heterocycles. The summed E-state index contributed by atoms with van der Waals surface area (Å²) >= 11 is 5.83. The highest BCUT2D eigenvalue weighted by Gasteiger charge is 2.06. The molecule has 0 aliphatic rings. The van der Waals surface area contributed by atoms with Gasteiger partial charge in [-0.3, -0.25) is 0 Å². The lowest BCUT2D eigenvalue weighted by Gasteiger charge is -2.05. The Hall–Kier alpha value is -1.28. The highest BCUT2D eigenvalue weighted by molar-refractivity contribution is 6.17. The lowest BCUT2D eigenvalue weighted by atomic mass is 10.1. The minimum absolute atomic E-state index is 0.513. The molecule has 0 bridgehead atoms. The van der Waals surface area contributed by atoms with E-state index in [1.54, 1.807) is 0 Å². The van der Waals surface area contributed by atoms with Gasteiger partial charge < -0.3 is 0 Å². The number of rotatable bonds is 3. The topological polar surface area (TPSA) is 17.8 Å². The third kappa shape index (κ3) is 1.98. The molecule has 0 radical (unpaired) electrons. The van der Waals surface area contributed by atoms with Crippen LogP contribution in [0.1, 0.15) is 23.7 Å². The van der Waals surface area contributed by atoms with Crippen LogP contribution >= 0.6 is 11.6 Å². The summed E-state index contributed by atoms with van der Waals surface area (Å²) in [6.45, 7) is 4.19. The normalized spacial score (nSPS) is 10.7. The van der Waals surface area contributed by atoms with Crippen molar-refractivity contribution in [3.05, 3.63) is 47.3 Å². The van der Waals surface area contributed by atoms with Crippen LogP contribution in [-0.2, 0) is 12.3 Å². The molecule has 3 heteroatoms. The summed E-state index contributed by atoms with van der Waals surface area (Å²) in [7, 11) is 0. The molecule has 0 amide bonds. The van der Waals surface area contributed by atoms with Crippen LogP contribution in [0, 0.1) is 6.92 Å². The van der Waals surface area contributed by atoms with Crippen molar-refractivity contribution in [2.45, 2.75) is 26.1 Å². The standard InChI is InChI=1S/C13H15ClN2/c1-3-11-4-6-13(7-5-11)16-10(2)12(8-14)9-15-16/h4-7,9H,3,8H2,1-2H3. The van der Waals surface area contributed by atoms with Crippen LogP contribution in [-0.4, -0.2) is 9.78 Å². The summed E-state index contributed by atoms with van der Waals surface area (Å²) in [5.41, 5.74) is 4.62. The van der Waals surface area contributed by atoms with Crippen molar-refractivity contribution in [1.29, 1.82) is 0 Å². The van der Waals surface area contributed by atoms with Crippen LogP contribution in [0.15, 0.2) is 30.5 Å². The van der Waals surface area contributed by atoms with Crippen molar-refractivity contribution < 1.29 is 0 Å². The van der Waals surface area contributed by atoms with E-state index in [9.17, 15) is 0 Å². The first-order valence-electron chi connectivity index (χ1n) is 5.45. The lowest BCUT2D eigenvalue weighted by Crippen LogP contribution is -1.99. The van der Waals surface area contributed by atoms with Gasteiger partial charge >= 0.3 is 0 Å². The Morgan fingerprint density at radius 1 is 1.25 bits per heavy atom. The number of benzene rings is 1. The van der Waals surface area contributed by atoms with Crippen molar-refractivity contribution in [1.82, 2.24) is 9.78 Å². The molecular formula is C13H15ClN2. The number of hydrogen-bond donors (Lipinski definition) is 0. The number of alkyl halides is 1. The van der Waals surface area contributed by atoms with Crippen LogP contribution in [0.5, 0.6) is 0 Å². The Balaban J connectivity index is 2.38. The Bertz CT molecular complexity index is 471. The molecule has 0 aliphatic carbocycles. The molecule has 0 fully saturated rings. The molecule has 0 atom stereocenters. The minimum atomic E-state index is 0.513. The highest BCUT2D eigenvalue weighted by Crippen LogP contribution is 2.16. The number of aromatic nitrogens is 2. The molecule has 2 nitrogen and oxygen atoms in total. The third-order valence-electron chi connectivity index (χ3n) is 2.84. The van der Waals surface area contributed by atoms with Crippen LogP contribution in [0.4, 0.5) is 0 Å². The Morgan fingerprint density at radius 2 is 1.94 bits per heavy atom. The summed E-state index contributed by atoms with van der Waals surface area (Å²) < 4.78 is 1.93. The van der Waals surface area contributed by atoms with E-state index in [2.05, 4.69) is 36.3 Å². The maximum atomic E-state index is 5.83. The van der Waals surface area contributed by atoms with Gasteiger partial charge in [0, 0.05) is 11.3 Å². The minimum Gasteiger partial charge on any atom is -0.238 e. The molecule has 2 rings (SSSR count). The van der Waals surface area contributed by atoms with Crippen molar-refractivity contribution in [2.75, 3.05) is 0 Å². The quantitative estimate of drug-likeness (QED) is 0.744. The van der Waals surface area contributed by atoms with Gasteiger partial charge in [-0.25, -0.2) is 4.68 Å².